The van der Waals surface area contributed by atoms with Crippen LogP contribution in [0.2, 0.25) is 5.02 Å². The molecule has 17 heavy (non-hydrogen) atoms. The first-order valence-corrected chi connectivity index (χ1v) is 6.70. The Bertz CT molecular complexity index is 323. The molecule has 0 radical (unpaired) electrons. The monoisotopic (exact) mass is 256 g/mol. The molecule has 1 heterocycles. The molecule has 3 nitrogen and oxygen atoms in total. The van der Waals surface area contributed by atoms with Gasteiger partial charge in [0.15, 0.2) is 0 Å². The lowest BCUT2D eigenvalue weighted by Crippen LogP contribution is -3.16. The van der Waals surface area contributed by atoms with Gasteiger partial charge in [-0.05, 0) is 12.1 Å². The minimum atomic E-state index is 0.812. The van der Waals surface area contributed by atoms with Crippen molar-refractivity contribution in [1.82, 2.24) is 0 Å². The van der Waals surface area contributed by atoms with Crippen molar-refractivity contribution in [1.29, 1.82) is 0 Å². The number of halogens is 1. The minimum absolute atomic E-state index is 0.812. The Morgan fingerprint density at radius 1 is 1.18 bits per heavy atom. The molecule has 3 N–H and O–H groups in total. The number of hydrogen-bond acceptors (Lipinski definition) is 1. The maximum absolute atomic E-state index is 5.85. The lowest BCUT2D eigenvalue weighted by Gasteiger charge is -2.22. The molecule has 1 aromatic carbocycles. The van der Waals surface area contributed by atoms with Gasteiger partial charge < -0.3 is 15.0 Å². The molecule has 1 aliphatic rings. The highest BCUT2D eigenvalue weighted by molar-refractivity contribution is 6.30. The molecule has 1 aliphatic heterocycles. The number of benzene rings is 1. The van der Waals surface area contributed by atoms with Gasteiger partial charge in [-0.2, -0.15) is 0 Å². The number of rotatable bonds is 5. The maximum Gasteiger partial charge on any atom is 0.127 e. The van der Waals surface area contributed by atoms with Gasteiger partial charge in [0.25, 0.3) is 0 Å². The fourth-order valence-corrected chi connectivity index (χ4v) is 2.23. The van der Waals surface area contributed by atoms with Crippen molar-refractivity contribution >= 4 is 11.6 Å². The molecule has 0 bridgehead atoms. The highest BCUT2D eigenvalue weighted by Crippen LogP contribution is 2.08. The average molecular weight is 257 g/mol. The van der Waals surface area contributed by atoms with Gasteiger partial charge in [-0.1, -0.05) is 23.7 Å². The number of ether oxygens (including phenoxy) is 1. The van der Waals surface area contributed by atoms with Crippen molar-refractivity contribution in [3.63, 3.8) is 0 Å². The van der Waals surface area contributed by atoms with Crippen LogP contribution in [-0.4, -0.2) is 39.4 Å². The lowest BCUT2D eigenvalue weighted by atomic mass is 10.2. The van der Waals surface area contributed by atoms with Crippen molar-refractivity contribution < 1.29 is 15.0 Å². The fourth-order valence-electron chi connectivity index (χ4n) is 2.11. The van der Waals surface area contributed by atoms with E-state index in [0.29, 0.717) is 0 Å². The highest BCUT2D eigenvalue weighted by Gasteiger charge is 2.13. The van der Waals surface area contributed by atoms with E-state index in [-0.39, 0.29) is 0 Å². The van der Waals surface area contributed by atoms with Crippen molar-refractivity contribution in [3.8, 4) is 0 Å². The van der Waals surface area contributed by atoms with Crippen LogP contribution in [0.15, 0.2) is 24.3 Å². The summed E-state index contributed by atoms with van der Waals surface area (Å²) in [7, 11) is 0. The molecular weight excluding hydrogens is 236 g/mol. The zero-order chi connectivity index (χ0) is 11.9. The van der Waals surface area contributed by atoms with E-state index < -0.39 is 0 Å². The first kappa shape index (κ1) is 12.8. The zero-order valence-corrected chi connectivity index (χ0v) is 10.9. The molecule has 0 atom stereocenters. The Kier molecular flexibility index (Phi) is 5.26. The van der Waals surface area contributed by atoms with Gasteiger partial charge in [-0.3, -0.25) is 0 Å². The van der Waals surface area contributed by atoms with E-state index >= 15 is 0 Å². The Morgan fingerprint density at radius 2 is 1.88 bits per heavy atom. The number of morpholine rings is 1. The van der Waals surface area contributed by atoms with E-state index in [9.17, 15) is 0 Å². The summed E-state index contributed by atoms with van der Waals surface area (Å²) in [5.74, 6) is 0. The Hall–Kier alpha value is -0.610. The van der Waals surface area contributed by atoms with Crippen molar-refractivity contribution in [3.05, 3.63) is 34.9 Å². The van der Waals surface area contributed by atoms with Gasteiger partial charge in [0.05, 0.1) is 13.2 Å². The van der Waals surface area contributed by atoms with Crippen LogP contribution in [0.4, 0.5) is 0 Å². The number of nitrogens with two attached hydrogens (primary N) is 1. The number of hydrogen-bond donors (Lipinski definition) is 2. The molecule has 0 aromatic heterocycles. The maximum atomic E-state index is 5.85. The molecule has 2 rings (SSSR count). The molecule has 0 amide bonds. The van der Waals surface area contributed by atoms with E-state index in [4.69, 9.17) is 16.3 Å². The van der Waals surface area contributed by atoms with Gasteiger partial charge in [-0.25, -0.2) is 0 Å². The van der Waals surface area contributed by atoms with Crippen LogP contribution in [0.1, 0.15) is 5.56 Å². The fraction of sp³-hybridized carbons (Fsp3) is 0.538. The Labute approximate surface area is 108 Å². The molecule has 0 unspecified atom stereocenters. The van der Waals surface area contributed by atoms with Gasteiger partial charge in [0, 0.05) is 10.6 Å². The van der Waals surface area contributed by atoms with E-state index in [2.05, 4.69) is 17.4 Å². The second kappa shape index (κ2) is 6.97. The SMILES string of the molecule is Clc1ccc(C[NH2+]CC[NH+]2CCOCC2)cc1. The first-order valence-electron chi connectivity index (χ1n) is 6.32. The second-order valence-corrected chi connectivity index (χ2v) is 4.96. The van der Waals surface area contributed by atoms with Gasteiger partial charge in [0.1, 0.15) is 32.7 Å². The second-order valence-electron chi connectivity index (χ2n) is 4.52. The van der Waals surface area contributed by atoms with Crippen LogP contribution in [0.3, 0.4) is 0 Å². The average Bonchev–Trinajstić information content (AvgIpc) is 2.38. The smallest absolute Gasteiger partial charge is 0.127 e. The third-order valence-electron chi connectivity index (χ3n) is 3.20. The van der Waals surface area contributed by atoms with Crippen molar-refractivity contribution in [2.24, 2.45) is 0 Å². The molecule has 0 spiro atoms. The normalized spacial score (nSPS) is 17.2. The summed E-state index contributed by atoms with van der Waals surface area (Å²) < 4.78 is 5.34. The van der Waals surface area contributed by atoms with E-state index in [1.165, 1.54) is 18.7 Å². The van der Waals surface area contributed by atoms with E-state index in [1.807, 2.05) is 12.1 Å². The summed E-state index contributed by atoms with van der Waals surface area (Å²) in [6.07, 6.45) is 0. The molecule has 1 saturated heterocycles. The summed E-state index contributed by atoms with van der Waals surface area (Å²) in [5, 5.41) is 3.18. The number of quaternary nitrogens is 2. The van der Waals surface area contributed by atoms with Gasteiger partial charge in [-0.15, -0.1) is 0 Å². The Morgan fingerprint density at radius 3 is 2.59 bits per heavy atom. The van der Waals surface area contributed by atoms with E-state index in [1.54, 1.807) is 4.90 Å². The van der Waals surface area contributed by atoms with E-state index in [0.717, 1.165) is 37.9 Å². The van der Waals surface area contributed by atoms with Crippen LogP contribution in [-0.2, 0) is 11.3 Å². The van der Waals surface area contributed by atoms with Crippen LogP contribution < -0.4 is 10.2 Å². The summed E-state index contributed by atoms with van der Waals surface area (Å²) in [6.45, 7) is 7.62. The Balaban J connectivity index is 1.60. The quantitative estimate of drug-likeness (QED) is 0.672. The zero-order valence-electron chi connectivity index (χ0n) is 10.1. The van der Waals surface area contributed by atoms with Crippen LogP contribution >= 0.6 is 11.6 Å². The van der Waals surface area contributed by atoms with Crippen LogP contribution in [0, 0.1) is 0 Å². The number of nitrogens with one attached hydrogen (secondary N) is 1. The van der Waals surface area contributed by atoms with Gasteiger partial charge >= 0.3 is 0 Å². The third kappa shape index (κ3) is 4.64. The molecule has 94 valence electrons. The standard InChI is InChI=1S/C13H19ClN2O/c14-13-3-1-12(2-4-13)11-15-5-6-16-7-9-17-10-8-16/h1-4,15H,5-11H2/p+2. The minimum Gasteiger partial charge on any atom is -0.370 e. The predicted molar refractivity (Wildman–Crippen MR) is 68.3 cm³/mol. The third-order valence-corrected chi connectivity index (χ3v) is 3.45. The predicted octanol–water partition coefficient (Wildman–Crippen LogP) is -0.681. The highest BCUT2D eigenvalue weighted by atomic mass is 35.5. The topological polar surface area (TPSA) is 30.3 Å². The van der Waals surface area contributed by atoms with Crippen molar-refractivity contribution in [2.45, 2.75) is 6.54 Å². The molecule has 4 heteroatoms. The summed E-state index contributed by atoms with van der Waals surface area (Å²) in [4.78, 5) is 1.67. The van der Waals surface area contributed by atoms with Gasteiger partial charge in [0.2, 0.25) is 0 Å². The first-order chi connectivity index (χ1) is 8.34. The summed E-state index contributed by atoms with van der Waals surface area (Å²) in [5.41, 5.74) is 1.34. The molecule has 0 saturated carbocycles. The molecule has 1 aromatic rings. The molecular formula is C13H21ClN2O+2. The summed E-state index contributed by atoms with van der Waals surface area (Å²) >= 11 is 5.85. The summed E-state index contributed by atoms with van der Waals surface area (Å²) in [6, 6.07) is 8.11. The van der Waals surface area contributed by atoms with Crippen LogP contribution in [0.25, 0.3) is 0 Å². The molecule has 0 aliphatic carbocycles. The van der Waals surface area contributed by atoms with Crippen molar-refractivity contribution in [2.75, 3.05) is 39.4 Å². The molecule has 1 fully saturated rings. The lowest BCUT2D eigenvalue weighted by molar-refractivity contribution is -0.920. The largest absolute Gasteiger partial charge is 0.370 e. The van der Waals surface area contributed by atoms with Crippen LogP contribution in [0.5, 0.6) is 0 Å².